The number of nitrogens with zero attached hydrogens (tertiary/aromatic N) is 7. The zero-order valence-corrected chi connectivity index (χ0v) is 19.6. The van der Waals surface area contributed by atoms with Crippen molar-refractivity contribution in [3.8, 4) is 17.5 Å². The largest absolute Gasteiger partial charge is 0.424 e. The third kappa shape index (κ3) is 5.05. The number of thioether (sulfide) groups is 1. The molecule has 1 fully saturated rings. The number of allylic oxidation sites excluding steroid dienone is 1. The number of rotatable bonds is 7. The molecule has 0 atom stereocenters. The second-order valence-electron chi connectivity index (χ2n) is 7.37. The molecule has 3 aromatic rings. The van der Waals surface area contributed by atoms with Crippen LogP contribution in [0.2, 0.25) is 5.02 Å². The molecule has 0 N–H and O–H groups in total. The fraction of sp³-hybridized carbons (Fsp3) is 0.318. The molecule has 3 heterocycles. The van der Waals surface area contributed by atoms with Crippen LogP contribution < -0.4 is 4.90 Å². The second kappa shape index (κ2) is 10.1. The molecule has 1 aromatic carbocycles. The van der Waals surface area contributed by atoms with Crippen LogP contribution in [0.1, 0.15) is 11.6 Å². The molecule has 11 heteroatoms. The number of halogens is 1. The van der Waals surface area contributed by atoms with Gasteiger partial charge >= 0.3 is 0 Å². The number of anilines is 1. The normalized spacial score (nSPS) is 13.7. The van der Waals surface area contributed by atoms with E-state index in [0.29, 0.717) is 60.5 Å². The van der Waals surface area contributed by atoms with Gasteiger partial charge in [0.25, 0.3) is 0 Å². The number of oxazole rings is 1. The smallest absolute Gasteiger partial charge is 0.234 e. The van der Waals surface area contributed by atoms with Crippen molar-refractivity contribution in [2.24, 2.45) is 0 Å². The Morgan fingerprint density at radius 2 is 2.00 bits per heavy atom. The van der Waals surface area contributed by atoms with Gasteiger partial charge in [0.1, 0.15) is 6.07 Å². The molecular formula is C22H22ClN7O2S. The number of piperazine rings is 1. The molecule has 0 spiro atoms. The standard InChI is InChI=1S/C22H22ClN7O2S/c1-3-8-30-20(16-4-6-17(23)7-5-16)26-27-22(30)33-14-19(31)28-9-11-29(12-10-28)21-18(13-24)25-15(2)32-21/h3-7H,1,8-12,14H2,2H3. The van der Waals surface area contributed by atoms with E-state index in [9.17, 15) is 10.1 Å². The van der Waals surface area contributed by atoms with Crippen molar-refractivity contribution in [3.63, 3.8) is 0 Å². The van der Waals surface area contributed by atoms with Crippen molar-refractivity contribution in [3.05, 3.63) is 53.5 Å². The van der Waals surface area contributed by atoms with Gasteiger partial charge in [-0.3, -0.25) is 9.36 Å². The van der Waals surface area contributed by atoms with E-state index < -0.39 is 0 Å². The monoisotopic (exact) mass is 483 g/mol. The van der Waals surface area contributed by atoms with Gasteiger partial charge in [-0.2, -0.15) is 5.26 Å². The molecule has 9 nitrogen and oxygen atoms in total. The number of hydrogen-bond donors (Lipinski definition) is 0. The molecular weight excluding hydrogens is 462 g/mol. The highest BCUT2D eigenvalue weighted by Crippen LogP contribution is 2.26. The number of benzene rings is 1. The first-order valence-electron chi connectivity index (χ1n) is 10.3. The van der Waals surface area contributed by atoms with Crippen LogP contribution in [0, 0.1) is 18.3 Å². The molecule has 0 unspecified atom stereocenters. The van der Waals surface area contributed by atoms with E-state index in [0.717, 1.165) is 5.56 Å². The van der Waals surface area contributed by atoms with Crippen LogP contribution in [-0.2, 0) is 11.3 Å². The van der Waals surface area contributed by atoms with Crippen LogP contribution in [0.5, 0.6) is 0 Å². The number of carbonyl (C=O) groups is 1. The van der Waals surface area contributed by atoms with Crippen molar-refractivity contribution in [2.45, 2.75) is 18.6 Å². The topological polar surface area (TPSA) is 104 Å². The lowest BCUT2D eigenvalue weighted by Gasteiger charge is -2.34. The van der Waals surface area contributed by atoms with Gasteiger partial charge in [0.15, 0.2) is 16.9 Å². The summed E-state index contributed by atoms with van der Waals surface area (Å²) in [6, 6.07) is 9.44. The Hall–Kier alpha value is -3.29. The minimum atomic E-state index is 0.0232. The number of hydrogen-bond acceptors (Lipinski definition) is 8. The maximum Gasteiger partial charge on any atom is 0.234 e. The average molecular weight is 484 g/mol. The summed E-state index contributed by atoms with van der Waals surface area (Å²) in [7, 11) is 0. The highest BCUT2D eigenvalue weighted by molar-refractivity contribution is 7.99. The molecule has 0 bridgehead atoms. The predicted octanol–water partition coefficient (Wildman–Crippen LogP) is 3.39. The first kappa shape index (κ1) is 22.9. The van der Waals surface area contributed by atoms with Gasteiger partial charge in [0, 0.05) is 50.2 Å². The molecule has 0 radical (unpaired) electrons. The maximum absolute atomic E-state index is 12.8. The van der Waals surface area contributed by atoms with Gasteiger partial charge in [-0.1, -0.05) is 29.4 Å². The minimum absolute atomic E-state index is 0.0232. The molecule has 1 aliphatic heterocycles. The number of aryl methyl sites for hydroxylation is 1. The van der Waals surface area contributed by atoms with Crippen LogP contribution in [0.25, 0.3) is 11.4 Å². The lowest BCUT2D eigenvalue weighted by Crippen LogP contribution is -2.49. The highest BCUT2D eigenvalue weighted by Gasteiger charge is 2.26. The summed E-state index contributed by atoms with van der Waals surface area (Å²) in [5, 5.41) is 19.1. The van der Waals surface area contributed by atoms with Crippen molar-refractivity contribution in [2.75, 3.05) is 36.8 Å². The fourth-order valence-corrected chi connectivity index (χ4v) is 4.56. The van der Waals surface area contributed by atoms with E-state index in [1.54, 1.807) is 25.1 Å². The SMILES string of the molecule is C=CCn1c(SCC(=O)N2CCN(c3oc(C)nc3C#N)CC2)nnc1-c1ccc(Cl)cc1. The van der Waals surface area contributed by atoms with Gasteiger partial charge in [-0.05, 0) is 24.3 Å². The van der Waals surface area contributed by atoms with Crippen molar-refractivity contribution < 1.29 is 9.21 Å². The van der Waals surface area contributed by atoms with E-state index in [1.165, 1.54) is 11.8 Å². The Labute approximate surface area is 200 Å². The lowest BCUT2D eigenvalue weighted by atomic mass is 10.2. The summed E-state index contributed by atoms with van der Waals surface area (Å²) in [4.78, 5) is 20.7. The van der Waals surface area contributed by atoms with Crippen LogP contribution in [0.3, 0.4) is 0 Å². The van der Waals surface area contributed by atoms with E-state index in [4.69, 9.17) is 16.0 Å². The summed E-state index contributed by atoms with van der Waals surface area (Å²) >= 11 is 7.35. The summed E-state index contributed by atoms with van der Waals surface area (Å²) in [6.45, 7) is 8.30. The summed E-state index contributed by atoms with van der Waals surface area (Å²) in [5.74, 6) is 1.91. The number of carbonyl (C=O) groups excluding carboxylic acids is 1. The van der Waals surface area contributed by atoms with Gasteiger partial charge in [0.05, 0.1) is 5.75 Å². The first-order chi connectivity index (χ1) is 16.0. The third-order valence-electron chi connectivity index (χ3n) is 5.20. The van der Waals surface area contributed by atoms with Crippen molar-refractivity contribution in [1.82, 2.24) is 24.6 Å². The van der Waals surface area contributed by atoms with Gasteiger partial charge in [0.2, 0.25) is 17.5 Å². The Bertz CT molecular complexity index is 1190. The molecule has 0 saturated carbocycles. The first-order valence-corrected chi connectivity index (χ1v) is 11.7. The Balaban J connectivity index is 1.38. The molecule has 4 rings (SSSR count). The van der Waals surface area contributed by atoms with Crippen molar-refractivity contribution in [1.29, 1.82) is 5.26 Å². The van der Waals surface area contributed by atoms with Crippen LogP contribution in [-0.4, -0.2) is 62.5 Å². The molecule has 33 heavy (non-hydrogen) atoms. The summed E-state index contributed by atoms with van der Waals surface area (Å²) < 4.78 is 7.51. The second-order valence-corrected chi connectivity index (χ2v) is 8.75. The molecule has 1 saturated heterocycles. The summed E-state index contributed by atoms with van der Waals surface area (Å²) in [5.41, 5.74) is 1.17. The lowest BCUT2D eigenvalue weighted by molar-refractivity contribution is -0.128. The Morgan fingerprint density at radius 3 is 2.67 bits per heavy atom. The zero-order valence-electron chi connectivity index (χ0n) is 18.1. The third-order valence-corrected chi connectivity index (χ3v) is 6.40. The zero-order chi connectivity index (χ0) is 23.4. The molecule has 170 valence electrons. The molecule has 2 aromatic heterocycles. The quantitative estimate of drug-likeness (QED) is 0.372. The summed E-state index contributed by atoms with van der Waals surface area (Å²) in [6.07, 6.45) is 1.77. The average Bonchev–Trinajstić information content (AvgIpc) is 3.41. The van der Waals surface area contributed by atoms with E-state index in [1.807, 2.05) is 26.5 Å². The fourth-order valence-electron chi connectivity index (χ4n) is 3.58. The molecule has 1 amide bonds. The van der Waals surface area contributed by atoms with E-state index >= 15 is 0 Å². The molecule has 0 aliphatic carbocycles. The van der Waals surface area contributed by atoms with Crippen LogP contribution in [0.4, 0.5) is 5.88 Å². The highest BCUT2D eigenvalue weighted by atomic mass is 35.5. The number of nitriles is 1. The minimum Gasteiger partial charge on any atom is -0.424 e. The Kier molecular flexibility index (Phi) is 7.01. The van der Waals surface area contributed by atoms with Gasteiger partial charge < -0.3 is 14.2 Å². The van der Waals surface area contributed by atoms with Crippen LogP contribution in [0.15, 0.2) is 46.5 Å². The number of amides is 1. The number of aromatic nitrogens is 4. The van der Waals surface area contributed by atoms with Gasteiger partial charge in [-0.15, -0.1) is 16.8 Å². The maximum atomic E-state index is 12.8. The predicted molar refractivity (Wildman–Crippen MR) is 126 cm³/mol. The van der Waals surface area contributed by atoms with E-state index in [-0.39, 0.29) is 17.4 Å². The molecule has 1 aliphatic rings. The van der Waals surface area contributed by atoms with E-state index in [2.05, 4.69) is 27.8 Å². The van der Waals surface area contributed by atoms with Crippen LogP contribution >= 0.6 is 23.4 Å². The van der Waals surface area contributed by atoms with Crippen molar-refractivity contribution >= 4 is 35.2 Å². The van der Waals surface area contributed by atoms with Gasteiger partial charge in [-0.25, -0.2) is 4.98 Å². The Morgan fingerprint density at radius 1 is 1.27 bits per heavy atom.